The topological polar surface area (TPSA) is 31.9 Å². The van der Waals surface area contributed by atoms with Crippen molar-refractivity contribution in [2.24, 2.45) is 0 Å². The summed E-state index contributed by atoms with van der Waals surface area (Å²) in [5.74, 6) is 1.00. The molecule has 3 nitrogen and oxygen atoms in total. The van der Waals surface area contributed by atoms with E-state index in [-0.39, 0.29) is 5.54 Å². The van der Waals surface area contributed by atoms with Crippen molar-refractivity contribution in [1.82, 2.24) is 14.9 Å². The highest BCUT2D eigenvalue weighted by molar-refractivity contribution is 5.74. The minimum Gasteiger partial charge on any atom is -0.363 e. The Morgan fingerprint density at radius 2 is 1.95 bits per heavy atom. The van der Waals surface area contributed by atoms with Crippen LogP contribution in [0.5, 0.6) is 0 Å². The van der Waals surface area contributed by atoms with Crippen LogP contribution in [0.15, 0.2) is 36.5 Å². The molecule has 0 atom stereocenters. The van der Waals surface area contributed by atoms with Gasteiger partial charge in [-0.1, -0.05) is 18.2 Å². The SMILES string of the molecule is C/C=C\N(C(C)C)C(C)(C)c1nc2ccccc2[nH]1. The third-order valence-corrected chi connectivity index (χ3v) is 3.48. The second kappa shape index (κ2) is 5.08. The Kier molecular flexibility index (Phi) is 3.65. The minimum atomic E-state index is -0.167. The van der Waals surface area contributed by atoms with Gasteiger partial charge in [-0.15, -0.1) is 0 Å². The van der Waals surface area contributed by atoms with Gasteiger partial charge in [-0.2, -0.15) is 0 Å². The number of hydrogen-bond acceptors (Lipinski definition) is 2. The van der Waals surface area contributed by atoms with Crippen molar-refractivity contribution in [2.45, 2.75) is 46.2 Å². The molecule has 102 valence electrons. The van der Waals surface area contributed by atoms with Crippen LogP contribution in [-0.4, -0.2) is 20.9 Å². The van der Waals surface area contributed by atoms with E-state index >= 15 is 0 Å². The lowest BCUT2D eigenvalue weighted by molar-refractivity contribution is 0.138. The first-order valence-electron chi connectivity index (χ1n) is 6.83. The molecule has 0 aliphatic rings. The standard InChI is InChI=1S/C16H23N3/c1-6-11-19(12(2)3)16(4,5)15-17-13-9-7-8-10-14(13)18-15/h6-12H,1-5H3,(H,17,18)/b11-6-. The molecule has 2 aromatic rings. The molecule has 1 aromatic heterocycles. The van der Waals surface area contributed by atoms with E-state index in [4.69, 9.17) is 4.98 Å². The lowest BCUT2D eigenvalue weighted by Gasteiger charge is -2.39. The molecule has 0 saturated carbocycles. The molecule has 1 aromatic carbocycles. The van der Waals surface area contributed by atoms with E-state index in [0.717, 1.165) is 16.9 Å². The fraction of sp³-hybridized carbons (Fsp3) is 0.438. The van der Waals surface area contributed by atoms with Gasteiger partial charge in [0.1, 0.15) is 5.82 Å². The molecule has 2 rings (SSSR count). The fourth-order valence-electron chi connectivity index (χ4n) is 2.53. The van der Waals surface area contributed by atoms with Crippen LogP contribution in [0.3, 0.4) is 0 Å². The van der Waals surface area contributed by atoms with E-state index in [9.17, 15) is 0 Å². The number of allylic oxidation sites excluding steroid dienone is 1. The average Bonchev–Trinajstić information content (AvgIpc) is 2.79. The number of para-hydroxylation sites is 2. The summed E-state index contributed by atoms with van der Waals surface area (Å²) in [6.07, 6.45) is 4.21. The Labute approximate surface area is 115 Å². The molecule has 0 saturated heterocycles. The average molecular weight is 257 g/mol. The molecule has 1 N–H and O–H groups in total. The van der Waals surface area contributed by atoms with Crippen molar-refractivity contribution >= 4 is 11.0 Å². The maximum absolute atomic E-state index is 4.74. The number of fused-ring (bicyclic) bond motifs is 1. The molecule has 0 aliphatic heterocycles. The molecule has 0 bridgehead atoms. The lowest BCUT2D eigenvalue weighted by Crippen LogP contribution is -2.42. The highest BCUT2D eigenvalue weighted by atomic mass is 15.2. The maximum atomic E-state index is 4.74. The third-order valence-electron chi connectivity index (χ3n) is 3.48. The Morgan fingerprint density at radius 1 is 1.26 bits per heavy atom. The number of nitrogens with zero attached hydrogens (tertiary/aromatic N) is 2. The van der Waals surface area contributed by atoms with E-state index in [0.29, 0.717) is 6.04 Å². The van der Waals surface area contributed by atoms with Crippen LogP contribution in [0.1, 0.15) is 40.4 Å². The Bertz CT molecular complexity index is 545. The quantitative estimate of drug-likeness (QED) is 0.896. The first-order valence-corrected chi connectivity index (χ1v) is 6.83. The molecule has 0 aliphatic carbocycles. The summed E-state index contributed by atoms with van der Waals surface area (Å²) in [7, 11) is 0. The highest BCUT2D eigenvalue weighted by Crippen LogP contribution is 2.29. The molecular weight excluding hydrogens is 234 g/mol. The van der Waals surface area contributed by atoms with Crippen molar-refractivity contribution in [2.75, 3.05) is 0 Å². The zero-order valence-corrected chi connectivity index (χ0v) is 12.4. The van der Waals surface area contributed by atoms with Crippen molar-refractivity contribution in [1.29, 1.82) is 0 Å². The van der Waals surface area contributed by atoms with Crippen molar-refractivity contribution in [3.63, 3.8) is 0 Å². The monoisotopic (exact) mass is 257 g/mol. The summed E-state index contributed by atoms with van der Waals surface area (Å²) in [5.41, 5.74) is 1.95. The number of aromatic nitrogens is 2. The van der Waals surface area contributed by atoms with Gasteiger partial charge in [-0.3, -0.25) is 0 Å². The van der Waals surface area contributed by atoms with Gasteiger partial charge in [-0.25, -0.2) is 4.98 Å². The second-order valence-corrected chi connectivity index (χ2v) is 5.64. The number of aromatic amines is 1. The summed E-state index contributed by atoms with van der Waals surface area (Å²) in [4.78, 5) is 10.5. The Hall–Kier alpha value is -1.77. The normalized spacial score (nSPS) is 12.7. The van der Waals surface area contributed by atoms with Crippen LogP contribution in [0.25, 0.3) is 11.0 Å². The Morgan fingerprint density at radius 3 is 2.53 bits per heavy atom. The van der Waals surface area contributed by atoms with Crippen LogP contribution >= 0.6 is 0 Å². The van der Waals surface area contributed by atoms with E-state index < -0.39 is 0 Å². The van der Waals surface area contributed by atoms with Gasteiger partial charge in [0.05, 0.1) is 16.6 Å². The first-order chi connectivity index (χ1) is 8.96. The van der Waals surface area contributed by atoms with Gasteiger partial charge in [0.25, 0.3) is 0 Å². The summed E-state index contributed by atoms with van der Waals surface area (Å²) < 4.78 is 0. The van der Waals surface area contributed by atoms with Crippen LogP contribution in [0, 0.1) is 0 Å². The molecule has 0 amide bonds. The van der Waals surface area contributed by atoms with Crippen molar-refractivity contribution in [3.8, 4) is 0 Å². The molecule has 0 fully saturated rings. The van der Waals surface area contributed by atoms with Gasteiger partial charge >= 0.3 is 0 Å². The third kappa shape index (κ3) is 2.50. The minimum absolute atomic E-state index is 0.167. The van der Waals surface area contributed by atoms with Gasteiger partial charge in [0.2, 0.25) is 0 Å². The van der Waals surface area contributed by atoms with Gasteiger partial charge in [0.15, 0.2) is 0 Å². The molecule has 19 heavy (non-hydrogen) atoms. The number of rotatable bonds is 4. The van der Waals surface area contributed by atoms with E-state index in [2.05, 4.69) is 55.9 Å². The van der Waals surface area contributed by atoms with E-state index in [1.807, 2.05) is 25.1 Å². The number of nitrogens with one attached hydrogen (secondary N) is 1. The Balaban J connectivity index is 2.47. The lowest BCUT2D eigenvalue weighted by atomic mass is 10.0. The smallest absolute Gasteiger partial charge is 0.132 e. The number of imidazole rings is 1. The van der Waals surface area contributed by atoms with Crippen LogP contribution < -0.4 is 0 Å². The van der Waals surface area contributed by atoms with Gasteiger partial charge in [0, 0.05) is 6.04 Å². The summed E-state index contributed by atoms with van der Waals surface area (Å²) in [5, 5.41) is 0. The van der Waals surface area contributed by atoms with Gasteiger partial charge in [-0.05, 0) is 53.0 Å². The summed E-state index contributed by atoms with van der Waals surface area (Å²) in [6, 6.07) is 8.58. The van der Waals surface area contributed by atoms with Crippen molar-refractivity contribution in [3.05, 3.63) is 42.4 Å². The molecule has 1 heterocycles. The highest BCUT2D eigenvalue weighted by Gasteiger charge is 2.31. The van der Waals surface area contributed by atoms with Crippen LogP contribution in [0.4, 0.5) is 0 Å². The zero-order chi connectivity index (χ0) is 14.0. The summed E-state index contributed by atoms with van der Waals surface area (Å²) in [6.45, 7) is 10.8. The molecule has 0 radical (unpaired) electrons. The van der Waals surface area contributed by atoms with Crippen LogP contribution in [0.2, 0.25) is 0 Å². The van der Waals surface area contributed by atoms with E-state index in [1.165, 1.54) is 0 Å². The van der Waals surface area contributed by atoms with Crippen LogP contribution in [-0.2, 0) is 5.54 Å². The molecule has 3 heteroatoms. The van der Waals surface area contributed by atoms with E-state index in [1.54, 1.807) is 0 Å². The predicted octanol–water partition coefficient (Wildman–Crippen LogP) is 4.04. The van der Waals surface area contributed by atoms with Crippen molar-refractivity contribution < 1.29 is 0 Å². The second-order valence-electron chi connectivity index (χ2n) is 5.64. The van der Waals surface area contributed by atoms with Gasteiger partial charge < -0.3 is 9.88 Å². The largest absolute Gasteiger partial charge is 0.363 e. The predicted molar refractivity (Wildman–Crippen MR) is 80.9 cm³/mol. The molecule has 0 spiro atoms. The first kappa shape index (κ1) is 13.7. The maximum Gasteiger partial charge on any atom is 0.132 e. The number of benzene rings is 1. The number of H-pyrrole nitrogens is 1. The summed E-state index contributed by atoms with van der Waals surface area (Å²) >= 11 is 0. The molecule has 0 unspecified atom stereocenters. The fourth-order valence-corrected chi connectivity index (χ4v) is 2.53. The number of hydrogen-bond donors (Lipinski definition) is 1. The molecular formula is C16H23N3. The zero-order valence-electron chi connectivity index (χ0n) is 12.4.